The van der Waals surface area contributed by atoms with Crippen LogP contribution in [-0.2, 0) is 19.1 Å². The Kier molecular flexibility index (Phi) is 64.4. The molecule has 0 aromatic heterocycles. The second-order valence-corrected chi connectivity index (χ2v) is 21.8. The zero-order valence-corrected chi connectivity index (χ0v) is 51.1. The number of hydrogen-bond acceptors (Lipinski definition) is 5. The van der Waals surface area contributed by atoms with E-state index in [1.165, 1.54) is 180 Å². The van der Waals surface area contributed by atoms with Crippen LogP contribution in [0.1, 0.15) is 309 Å². The highest BCUT2D eigenvalue weighted by molar-refractivity contribution is 5.70. The van der Waals surface area contributed by atoms with Gasteiger partial charge in [-0.25, -0.2) is 0 Å². The van der Waals surface area contributed by atoms with Crippen molar-refractivity contribution in [2.45, 2.75) is 315 Å². The number of carbonyl (C=O) groups is 2. The third kappa shape index (κ3) is 64.8. The molecule has 0 bridgehead atoms. The maximum Gasteiger partial charge on any atom is 0.306 e. The van der Waals surface area contributed by atoms with Gasteiger partial charge in [0.05, 0.1) is 6.61 Å². The Labute approximate surface area is 483 Å². The molecule has 0 rings (SSSR count). The Morgan fingerprint density at radius 2 is 0.551 bits per heavy atom. The molecule has 1 unspecified atom stereocenters. The molecule has 0 saturated carbocycles. The van der Waals surface area contributed by atoms with Crippen LogP contribution in [0.5, 0.6) is 0 Å². The lowest BCUT2D eigenvalue weighted by Gasteiger charge is -2.15. The molecule has 0 aliphatic carbocycles. The molecule has 0 heterocycles. The van der Waals surface area contributed by atoms with Crippen LogP contribution in [0.4, 0.5) is 0 Å². The molecule has 0 aliphatic heterocycles. The average molecular weight is 1080 g/mol. The van der Waals surface area contributed by atoms with E-state index in [2.05, 4.69) is 135 Å². The van der Waals surface area contributed by atoms with Gasteiger partial charge in [0.1, 0.15) is 6.61 Å². The molecule has 0 spiro atoms. The van der Waals surface area contributed by atoms with Crippen molar-refractivity contribution in [3.8, 4) is 0 Å². The molecule has 78 heavy (non-hydrogen) atoms. The minimum Gasteiger partial charge on any atom is -0.462 e. The summed E-state index contributed by atoms with van der Waals surface area (Å²) in [6.45, 7) is 4.04. The van der Waals surface area contributed by atoms with Crippen molar-refractivity contribution in [3.63, 3.8) is 0 Å². The number of aliphatic hydroxyl groups excluding tert-OH is 1. The number of ether oxygens (including phenoxy) is 2. The van der Waals surface area contributed by atoms with Crippen LogP contribution in [0.2, 0.25) is 0 Å². The fourth-order valence-corrected chi connectivity index (χ4v) is 9.31. The highest BCUT2D eigenvalue weighted by Gasteiger charge is 2.16. The van der Waals surface area contributed by atoms with Gasteiger partial charge in [0.15, 0.2) is 6.10 Å². The summed E-state index contributed by atoms with van der Waals surface area (Å²) in [6.07, 6.45) is 99.2. The molecule has 0 amide bonds. The molecule has 0 aromatic rings. The lowest BCUT2D eigenvalue weighted by molar-refractivity contribution is -0.161. The van der Waals surface area contributed by atoms with Crippen LogP contribution in [0, 0.1) is 0 Å². The van der Waals surface area contributed by atoms with E-state index >= 15 is 0 Å². The number of unbranched alkanes of at least 4 members (excludes halogenated alkanes) is 32. The first-order chi connectivity index (χ1) is 38.6. The van der Waals surface area contributed by atoms with Crippen molar-refractivity contribution in [1.82, 2.24) is 0 Å². The van der Waals surface area contributed by atoms with Crippen molar-refractivity contribution >= 4 is 11.9 Å². The van der Waals surface area contributed by atoms with Gasteiger partial charge in [-0.05, 0) is 109 Å². The van der Waals surface area contributed by atoms with Crippen molar-refractivity contribution in [3.05, 3.63) is 122 Å². The summed E-state index contributed by atoms with van der Waals surface area (Å²) >= 11 is 0. The van der Waals surface area contributed by atoms with E-state index in [1.807, 2.05) is 0 Å². The molecule has 0 aliphatic rings. The van der Waals surface area contributed by atoms with Crippen LogP contribution in [0.25, 0.3) is 0 Å². The van der Waals surface area contributed by atoms with E-state index < -0.39 is 6.10 Å². The third-order valence-corrected chi connectivity index (χ3v) is 14.2. The van der Waals surface area contributed by atoms with E-state index in [9.17, 15) is 14.7 Å². The second kappa shape index (κ2) is 67.6. The normalized spacial score (nSPS) is 13.0. The number of allylic oxidation sites excluding steroid dienone is 20. The maximum atomic E-state index is 12.3. The van der Waals surface area contributed by atoms with Crippen LogP contribution in [0.3, 0.4) is 0 Å². The molecule has 0 radical (unpaired) electrons. The van der Waals surface area contributed by atoms with E-state index in [-0.39, 0.29) is 25.2 Å². The van der Waals surface area contributed by atoms with Gasteiger partial charge in [0, 0.05) is 12.8 Å². The molecule has 1 atom stereocenters. The standard InChI is InChI=1S/C73H124O5/c1-3-5-7-9-11-13-15-17-19-21-23-25-27-29-31-33-34-35-36-37-38-40-42-44-46-48-50-52-54-56-58-60-62-64-66-68-73(76)78-71(69-74)70-77-72(75)67-65-63-61-59-57-55-53-51-49-47-45-43-41-39-32-30-28-26-24-22-20-18-16-14-12-10-8-6-4-2/h5,7,11,13,17,19,22-25,29,31,34-35,37-38,42,44,48,50,71,74H,3-4,6,8-10,12,14-16,18,20-21,26-28,30,32-33,36,39-41,43,45-47,49,51-70H2,1-2H3/b7-5-,13-11-,19-17-,24-22-,25-23-,31-29-,35-34-,38-37-,44-42-,50-48-. The highest BCUT2D eigenvalue weighted by Crippen LogP contribution is 2.17. The van der Waals surface area contributed by atoms with Crippen molar-refractivity contribution in [2.24, 2.45) is 0 Å². The van der Waals surface area contributed by atoms with Gasteiger partial charge in [-0.1, -0.05) is 309 Å². The molecule has 0 saturated heterocycles. The van der Waals surface area contributed by atoms with E-state index in [1.54, 1.807) is 0 Å². The van der Waals surface area contributed by atoms with Gasteiger partial charge in [-0.2, -0.15) is 0 Å². The summed E-state index contributed by atoms with van der Waals surface area (Å²) in [4.78, 5) is 24.6. The van der Waals surface area contributed by atoms with Crippen molar-refractivity contribution < 1.29 is 24.2 Å². The lowest BCUT2D eigenvalue weighted by atomic mass is 10.0. The first-order valence-electron chi connectivity index (χ1n) is 33.1. The van der Waals surface area contributed by atoms with E-state index in [0.29, 0.717) is 12.8 Å². The molecule has 5 heteroatoms. The topological polar surface area (TPSA) is 72.8 Å². The first-order valence-corrected chi connectivity index (χ1v) is 33.1. The highest BCUT2D eigenvalue weighted by atomic mass is 16.6. The van der Waals surface area contributed by atoms with Crippen molar-refractivity contribution in [1.29, 1.82) is 0 Å². The summed E-state index contributed by atoms with van der Waals surface area (Å²) in [5, 5.41) is 9.69. The Balaban J connectivity index is 3.54. The first kappa shape index (κ1) is 74.3. The molecular weight excluding hydrogens is 957 g/mol. The monoisotopic (exact) mass is 1080 g/mol. The molecular formula is C73H124O5. The van der Waals surface area contributed by atoms with Gasteiger partial charge in [0.2, 0.25) is 0 Å². The Hall–Kier alpha value is -3.70. The Bertz CT molecular complexity index is 1550. The Morgan fingerprint density at radius 1 is 0.308 bits per heavy atom. The maximum absolute atomic E-state index is 12.3. The number of esters is 2. The molecule has 446 valence electrons. The second-order valence-electron chi connectivity index (χ2n) is 21.8. The van der Waals surface area contributed by atoms with Crippen LogP contribution in [0.15, 0.2) is 122 Å². The van der Waals surface area contributed by atoms with Crippen LogP contribution < -0.4 is 0 Å². The summed E-state index contributed by atoms with van der Waals surface area (Å²) in [7, 11) is 0. The van der Waals surface area contributed by atoms with Gasteiger partial charge in [-0.3, -0.25) is 9.59 Å². The Morgan fingerprint density at radius 3 is 0.846 bits per heavy atom. The fourth-order valence-electron chi connectivity index (χ4n) is 9.31. The summed E-state index contributed by atoms with van der Waals surface area (Å²) in [5.41, 5.74) is 0. The minimum absolute atomic E-state index is 0.0743. The lowest BCUT2D eigenvalue weighted by Crippen LogP contribution is -2.28. The largest absolute Gasteiger partial charge is 0.462 e. The smallest absolute Gasteiger partial charge is 0.306 e. The zero-order valence-electron chi connectivity index (χ0n) is 51.1. The molecule has 0 fully saturated rings. The van der Waals surface area contributed by atoms with Crippen LogP contribution in [-0.4, -0.2) is 36.4 Å². The van der Waals surface area contributed by atoms with E-state index in [0.717, 1.165) is 103 Å². The number of hydrogen-bond donors (Lipinski definition) is 1. The molecule has 5 nitrogen and oxygen atoms in total. The summed E-state index contributed by atoms with van der Waals surface area (Å²) < 4.78 is 10.7. The molecule has 0 aromatic carbocycles. The van der Waals surface area contributed by atoms with Crippen molar-refractivity contribution in [2.75, 3.05) is 13.2 Å². The summed E-state index contributed by atoms with van der Waals surface area (Å²) in [5.74, 6) is -0.599. The minimum atomic E-state index is -0.787. The van der Waals surface area contributed by atoms with Gasteiger partial charge in [-0.15, -0.1) is 0 Å². The van der Waals surface area contributed by atoms with Gasteiger partial charge < -0.3 is 14.6 Å². The number of aliphatic hydroxyl groups is 1. The third-order valence-electron chi connectivity index (χ3n) is 14.2. The van der Waals surface area contributed by atoms with Crippen LogP contribution >= 0.6 is 0 Å². The van der Waals surface area contributed by atoms with Gasteiger partial charge >= 0.3 is 11.9 Å². The average Bonchev–Trinajstić information content (AvgIpc) is 3.44. The SMILES string of the molecule is CC/C=C\C/C=C\C/C=C\C/C=C\C/C=C\C/C=C\C/C=C\C/C=C\C/C=C\CCCCCCCCCC(=O)OC(CO)COC(=O)CCCCCCCCCCCCCCCCCCC/C=C\CCCCCCCCCC. The predicted molar refractivity (Wildman–Crippen MR) is 343 cm³/mol. The van der Waals surface area contributed by atoms with E-state index in [4.69, 9.17) is 9.47 Å². The zero-order chi connectivity index (χ0) is 56.2. The predicted octanol–water partition coefficient (Wildman–Crippen LogP) is 23.0. The van der Waals surface area contributed by atoms with Gasteiger partial charge in [0.25, 0.3) is 0 Å². The molecule has 1 N–H and O–H groups in total. The summed E-state index contributed by atoms with van der Waals surface area (Å²) in [6, 6.07) is 0. The fraction of sp³-hybridized carbons (Fsp3) is 0.699. The number of rotatable bonds is 60. The number of carbonyl (C=O) groups excluding carboxylic acids is 2. The quantitative estimate of drug-likeness (QED) is 0.0373.